The smallest absolute Gasteiger partial charge is 0.221 e. The van der Waals surface area contributed by atoms with Crippen molar-refractivity contribution in [1.82, 2.24) is 15.1 Å². The van der Waals surface area contributed by atoms with Crippen molar-refractivity contribution >= 4 is 5.91 Å². The predicted molar refractivity (Wildman–Crippen MR) is 122 cm³/mol. The normalized spacial score (nSPS) is 11.7. The first kappa shape index (κ1) is 21.8. The minimum Gasteiger partial charge on any atom is -0.343 e. The van der Waals surface area contributed by atoms with Gasteiger partial charge in [0.25, 0.3) is 0 Å². The molecule has 1 amide bonds. The monoisotopic (exact) mass is 403 g/mol. The van der Waals surface area contributed by atoms with Crippen molar-refractivity contribution in [1.29, 1.82) is 0 Å². The molecule has 0 radical (unpaired) electrons. The first-order valence-corrected chi connectivity index (χ1v) is 10.8. The van der Waals surface area contributed by atoms with Gasteiger partial charge >= 0.3 is 0 Å². The molecule has 1 N–H and O–H groups in total. The van der Waals surface area contributed by atoms with Crippen LogP contribution in [0.2, 0.25) is 0 Å². The van der Waals surface area contributed by atoms with Crippen LogP contribution in [0.4, 0.5) is 0 Å². The first-order chi connectivity index (χ1) is 14.3. The molecule has 0 aliphatic rings. The largest absolute Gasteiger partial charge is 0.343 e. The zero-order valence-corrected chi connectivity index (χ0v) is 18.8. The lowest BCUT2D eigenvalue weighted by Gasteiger charge is -2.32. The number of aryl methyl sites for hydroxylation is 1. The first-order valence-electron chi connectivity index (χ1n) is 10.8. The number of hydrogen-bond donors (Lipinski definition) is 1. The Balaban J connectivity index is 1.77. The summed E-state index contributed by atoms with van der Waals surface area (Å²) in [7, 11) is 0. The molecule has 0 unspecified atom stereocenters. The lowest BCUT2D eigenvalue weighted by atomic mass is 9.84. The Morgan fingerprint density at radius 1 is 1.00 bits per heavy atom. The number of carbonyl (C=O) groups is 1. The van der Waals surface area contributed by atoms with E-state index in [0.717, 1.165) is 23.4 Å². The summed E-state index contributed by atoms with van der Waals surface area (Å²) in [5.74, 6) is 0.581. The number of rotatable bonds is 8. The fourth-order valence-electron chi connectivity index (χ4n) is 4.05. The van der Waals surface area contributed by atoms with Crippen LogP contribution in [0.3, 0.4) is 0 Å². The Morgan fingerprint density at radius 2 is 1.53 bits per heavy atom. The number of carbonyl (C=O) groups excluding carboxylic acids is 1. The van der Waals surface area contributed by atoms with Crippen LogP contribution < -0.4 is 5.32 Å². The number of hydrogen-bond acceptors (Lipinski definition) is 2. The molecular formula is C26H33N3O. The highest BCUT2D eigenvalue weighted by Gasteiger charge is 2.30. The van der Waals surface area contributed by atoms with E-state index in [-0.39, 0.29) is 5.91 Å². The summed E-state index contributed by atoms with van der Waals surface area (Å²) in [6.07, 6.45) is 1.13. The van der Waals surface area contributed by atoms with Crippen LogP contribution in [-0.4, -0.2) is 15.7 Å². The van der Waals surface area contributed by atoms with Gasteiger partial charge in [-0.15, -0.1) is 0 Å². The van der Waals surface area contributed by atoms with Crippen molar-refractivity contribution < 1.29 is 4.79 Å². The molecule has 1 aromatic heterocycles. The molecule has 158 valence electrons. The maximum Gasteiger partial charge on any atom is 0.221 e. The second-order valence-electron chi connectivity index (χ2n) is 8.63. The third-order valence-corrected chi connectivity index (χ3v) is 5.76. The quantitative estimate of drug-likeness (QED) is 0.564. The molecule has 2 aromatic carbocycles. The molecule has 0 bridgehead atoms. The van der Waals surface area contributed by atoms with E-state index in [9.17, 15) is 4.79 Å². The zero-order chi connectivity index (χ0) is 21.7. The number of benzene rings is 2. The summed E-state index contributed by atoms with van der Waals surface area (Å²) in [6.45, 7) is 11.5. The van der Waals surface area contributed by atoms with Gasteiger partial charge in [0.15, 0.2) is 0 Å². The van der Waals surface area contributed by atoms with Crippen molar-refractivity contribution in [2.75, 3.05) is 0 Å². The maximum absolute atomic E-state index is 13.0. The minimum atomic E-state index is -0.578. The van der Waals surface area contributed by atoms with Gasteiger partial charge < -0.3 is 5.32 Å². The van der Waals surface area contributed by atoms with Gasteiger partial charge in [-0.3, -0.25) is 9.48 Å². The number of nitrogens with zero attached hydrogens (tertiary/aromatic N) is 2. The molecule has 0 saturated heterocycles. The Kier molecular flexibility index (Phi) is 6.76. The lowest BCUT2D eigenvalue weighted by Crippen LogP contribution is -2.44. The number of nitrogens with one attached hydrogen (secondary N) is 1. The predicted octanol–water partition coefficient (Wildman–Crippen LogP) is 5.17. The van der Waals surface area contributed by atoms with Crippen molar-refractivity contribution in [2.24, 2.45) is 5.92 Å². The van der Waals surface area contributed by atoms with Crippen LogP contribution in [0.5, 0.6) is 0 Å². The van der Waals surface area contributed by atoms with Gasteiger partial charge in [-0.05, 0) is 49.8 Å². The summed E-state index contributed by atoms with van der Waals surface area (Å²) < 4.78 is 2.07. The highest BCUT2D eigenvalue weighted by molar-refractivity contribution is 5.78. The van der Waals surface area contributed by atoms with E-state index in [2.05, 4.69) is 67.1 Å². The van der Waals surface area contributed by atoms with Crippen LogP contribution in [0.1, 0.15) is 55.3 Å². The van der Waals surface area contributed by atoms with E-state index < -0.39 is 5.54 Å². The summed E-state index contributed by atoms with van der Waals surface area (Å²) in [6, 6.07) is 20.3. The fraction of sp³-hybridized carbons (Fsp3) is 0.385. The van der Waals surface area contributed by atoms with E-state index >= 15 is 0 Å². The molecule has 0 saturated carbocycles. The Morgan fingerprint density at radius 3 is 2.03 bits per heavy atom. The zero-order valence-electron chi connectivity index (χ0n) is 18.8. The standard InChI is InChI=1S/C26H33N3O/c1-19(2)18-29-21(4)24(20(3)28-29)16-17-25(30)27-26(5,22-12-8-6-9-13-22)23-14-10-7-11-15-23/h6-15,19H,16-18H2,1-5H3,(H,27,30). The second-order valence-corrected chi connectivity index (χ2v) is 8.63. The van der Waals surface area contributed by atoms with Gasteiger partial charge in [-0.25, -0.2) is 0 Å². The van der Waals surface area contributed by atoms with Gasteiger partial charge in [0.1, 0.15) is 0 Å². The molecule has 0 spiro atoms. The Labute approximate surface area is 180 Å². The van der Waals surface area contributed by atoms with E-state index in [1.807, 2.05) is 43.3 Å². The van der Waals surface area contributed by atoms with Crippen molar-refractivity contribution in [3.63, 3.8) is 0 Å². The molecule has 0 fully saturated rings. The molecule has 1 heterocycles. The molecule has 30 heavy (non-hydrogen) atoms. The highest BCUT2D eigenvalue weighted by Crippen LogP contribution is 2.29. The van der Waals surface area contributed by atoms with Gasteiger partial charge in [-0.1, -0.05) is 74.5 Å². The van der Waals surface area contributed by atoms with Gasteiger partial charge in [0.2, 0.25) is 5.91 Å². The number of amides is 1. The Hall–Kier alpha value is -2.88. The molecule has 4 heteroatoms. The van der Waals surface area contributed by atoms with Gasteiger partial charge in [0.05, 0.1) is 11.2 Å². The molecular weight excluding hydrogens is 370 g/mol. The van der Waals surface area contributed by atoms with E-state index in [1.165, 1.54) is 11.3 Å². The minimum absolute atomic E-state index is 0.0422. The summed E-state index contributed by atoms with van der Waals surface area (Å²) >= 11 is 0. The molecule has 4 nitrogen and oxygen atoms in total. The lowest BCUT2D eigenvalue weighted by molar-refractivity contribution is -0.122. The molecule has 0 aliphatic heterocycles. The summed E-state index contributed by atoms with van der Waals surface area (Å²) in [5, 5.41) is 7.99. The van der Waals surface area contributed by atoms with E-state index in [0.29, 0.717) is 18.8 Å². The van der Waals surface area contributed by atoms with Crippen LogP contribution in [0.15, 0.2) is 60.7 Å². The van der Waals surface area contributed by atoms with Crippen molar-refractivity contribution in [3.05, 3.63) is 88.7 Å². The van der Waals surface area contributed by atoms with Crippen LogP contribution in [-0.2, 0) is 23.3 Å². The SMILES string of the molecule is Cc1nn(CC(C)C)c(C)c1CCC(=O)NC(C)(c1ccccc1)c1ccccc1. The Bertz CT molecular complexity index is 935. The van der Waals surface area contributed by atoms with Crippen molar-refractivity contribution in [2.45, 2.75) is 59.5 Å². The van der Waals surface area contributed by atoms with Crippen LogP contribution in [0.25, 0.3) is 0 Å². The maximum atomic E-state index is 13.0. The molecule has 0 aliphatic carbocycles. The van der Waals surface area contributed by atoms with E-state index in [4.69, 9.17) is 0 Å². The molecule has 3 aromatic rings. The van der Waals surface area contributed by atoms with Gasteiger partial charge in [-0.2, -0.15) is 5.10 Å². The topological polar surface area (TPSA) is 46.9 Å². The van der Waals surface area contributed by atoms with Crippen LogP contribution in [0, 0.1) is 19.8 Å². The summed E-state index contributed by atoms with van der Waals surface area (Å²) in [5.41, 5.74) is 4.94. The average Bonchev–Trinajstić information content (AvgIpc) is 2.99. The average molecular weight is 404 g/mol. The van der Waals surface area contributed by atoms with E-state index in [1.54, 1.807) is 0 Å². The summed E-state index contributed by atoms with van der Waals surface area (Å²) in [4.78, 5) is 13.0. The highest BCUT2D eigenvalue weighted by atomic mass is 16.1. The van der Waals surface area contributed by atoms with Gasteiger partial charge in [0, 0.05) is 18.7 Å². The number of aromatic nitrogens is 2. The molecule has 0 atom stereocenters. The third kappa shape index (κ3) is 4.81. The fourth-order valence-corrected chi connectivity index (χ4v) is 4.05. The molecule has 3 rings (SSSR count). The van der Waals surface area contributed by atoms with Crippen molar-refractivity contribution in [3.8, 4) is 0 Å². The second kappa shape index (κ2) is 9.29. The third-order valence-electron chi connectivity index (χ3n) is 5.76. The van der Waals surface area contributed by atoms with Crippen LogP contribution >= 0.6 is 0 Å².